The number of aliphatic hydroxyl groups excluding tert-OH is 1. The molecule has 1 aromatic carbocycles. The van der Waals surface area contributed by atoms with Crippen molar-refractivity contribution in [2.75, 3.05) is 10.6 Å². The standard InChI is InChI=1S/C13H14N4O2/c1-9(18)10-3-5-11(6-4-10)16-13(19)17-12-14-7-2-8-15-12/h2-9,18H,1H3,(H2,14,15,16,17,19). The minimum absolute atomic E-state index is 0.237. The van der Waals surface area contributed by atoms with E-state index < -0.39 is 12.1 Å². The molecule has 0 bridgehead atoms. The van der Waals surface area contributed by atoms with Gasteiger partial charge in [-0.25, -0.2) is 14.8 Å². The van der Waals surface area contributed by atoms with E-state index in [1.54, 1.807) is 49.6 Å². The number of nitrogens with one attached hydrogen (secondary N) is 2. The topological polar surface area (TPSA) is 87.1 Å². The number of carbonyl (C=O) groups is 1. The summed E-state index contributed by atoms with van der Waals surface area (Å²) in [5.41, 5.74) is 1.41. The molecule has 3 N–H and O–H groups in total. The SMILES string of the molecule is CC(O)c1ccc(NC(=O)Nc2ncccn2)cc1. The lowest BCUT2D eigenvalue weighted by Gasteiger charge is -2.08. The molecule has 6 heteroatoms. The van der Waals surface area contributed by atoms with Crippen molar-refractivity contribution >= 4 is 17.7 Å². The third-order valence-corrected chi connectivity index (χ3v) is 2.44. The molecular formula is C13H14N4O2. The van der Waals surface area contributed by atoms with E-state index >= 15 is 0 Å². The molecule has 19 heavy (non-hydrogen) atoms. The number of rotatable bonds is 3. The second kappa shape index (κ2) is 5.92. The number of hydrogen-bond donors (Lipinski definition) is 3. The van der Waals surface area contributed by atoms with Gasteiger partial charge < -0.3 is 10.4 Å². The summed E-state index contributed by atoms with van der Waals surface area (Å²) in [7, 11) is 0. The van der Waals surface area contributed by atoms with Crippen LogP contribution in [0.25, 0.3) is 0 Å². The van der Waals surface area contributed by atoms with Gasteiger partial charge in [0.1, 0.15) is 0 Å². The molecule has 0 spiro atoms. The van der Waals surface area contributed by atoms with Gasteiger partial charge in [-0.15, -0.1) is 0 Å². The van der Waals surface area contributed by atoms with Crippen LogP contribution in [0.5, 0.6) is 0 Å². The van der Waals surface area contributed by atoms with E-state index in [9.17, 15) is 9.90 Å². The van der Waals surface area contributed by atoms with Crippen molar-refractivity contribution in [3.8, 4) is 0 Å². The van der Waals surface area contributed by atoms with Crippen LogP contribution in [0.1, 0.15) is 18.6 Å². The molecule has 1 atom stereocenters. The third-order valence-electron chi connectivity index (χ3n) is 2.44. The molecule has 0 fully saturated rings. The molecule has 1 heterocycles. The Balaban J connectivity index is 1.95. The first-order valence-corrected chi connectivity index (χ1v) is 5.78. The first-order valence-electron chi connectivity index (χ1n) is 5.78. The van der Waals surface area contributed by atoms with Gasteiger partial charge in [0.05, 0.1) is 6.10 Å². The Morgan fingerprint density at radius 3 is 2.37 bits per heavy atom. The minimum atomic E-state index is -0.527. The number of aromatic nitrogens is 2. The van der Waals surface area contributed by atoms with Crippen LogP contribution in [0.15, 0.2) is 42.7 Å². The summed E-state index contributed by atoms with van der Waals surface area (Å²) in [4.78, 5) is 19.4. The van der Waals surface area contributed by atoms with Crippen LogP contribution in [-0.4, -0.2) is 21.1 Å². The molecule has 98 valence electrons. The number of amides is 2. The summed E-state index contributed by atoms with van der Waals surface area (Å²) in [5, 5.41) is 14.5. The van der Waals surface area contributed by atoms with E-state index in [2.05, 4.69) is 20.6 Å². The average Bonchev–Trinajstić information content (AvgIpc) is 2.40. The lowest BCUT2D eigenvalue weighted by molar-refractivity contribution is 0.199. The van der Waals surface area contributed by atoms with Crippen LogP contribution in [-0.2, 0) is 0 Å². The number of hydrogen-bond acceptors (Lipinski definition) is 4. The maximum atomic E-state index is 11.6. The van der Waals surface area contributed by atoms with Crippen LogP contribution in [0.4, 0.5) is 16.4 Å². The molecule has 0 saturated carbocycles. The molecule has 1 unspecified atom stereocenters. The highest BCUT2D eigenvalue weighted by Crippen LogP contribution is 2.15. The van der Waals surface area contributed by atoms with Gasteiger partial charge in [-0.1, -0.05) is 12.1 Å². The summed E-state index contributed by atoms with van der Waals surface area (Å²) in [6.07, 6.45) is 2.56. The quantitative estimate of drug-likeness (QED) is 0.787. The van der Waals surface area contributed by atoms with Crippen LogP contribution in [0.2, 0.25) is 0 Å². The number of nitrogens with zero attached hydrogens (tertiary/aromatic N) is 2. The summed E-state index contributed by atoms with van der Waals surface area (Å²) < 4.78 is 0. The van der Waals surface area contributed by atoms with E-state index in [0.717, 1.165) is 5.56 Å². The van der Waals surface area contributed by atoms with E-state index in [1.807, 2.05) is 0 Å². The molecule has 0 aliphatic rings. The second-order valence-electron chi connectivity index (χ2n) is 3.95. The van der Waals surface area contributed by atoms with Crippen LogP contribution in [0, 0.1) is 0 Å². The Bertz CT molecular complexity index is 540. The predicted octanol–water partition coefficient (Wildman–Crippen LogP) is 2.17. The Hall–Kier alpha value is -2.47. The summed E-state index contributed by atoms with van der Waals surface area (Å²) in [6.45, 7) is 1.68. The molecule has 6 nitrogen and oxygen atoms in total. The van der Waals surface area contributed by atoms with Crippen molar-refractivity contribution in [3.05, 3.63) is 48.3 Å². The van der Waals surface area contributed by atoms with E-state index in [4.69, 9.17) is 0 Å². The number of anilines is 2. The molecule has 0 saturated heterocycles. The lowest BCUT2D eigenvalue weighted by atomic mass is 10.1. The van der Waals surface area contributed by atoms with Gasteiger partial charge >= 0.3 is 6.03 Å². The summed E-state index contributed by atoms with van der Waals surface area (Å²) >= 11 is 0. The van der Waals surface area contributed by atoms with Crippen molar-refractivity contribution in [1.82, 2.24) is 9.97 Å². The molecular weight excluding hydrogens is 244 g/mol. The fourth-order valence-corrected chi connectivity index (χ4v) is 1.47. The zero-order chi connectivity index (χ0) is 13.7. The van der Waals surface area contributed by atoms with E-state index in [1.165, 1.54) is 0 Å². The summed E-state index contributed by atoms with van der Waals surface area (Å²) in [6, 6.07) is 8.17. The predicted molar refractivity (Wildman–Crippen MR) is 71.7 cm³/mol. The van der Waals surface area contributed by atoms with Crippen LogP contribution < -0.4 is 10.6 Å². The average molecular weight is 258 g/mol. The molecule has 0 radical (unpaired) electrons. The molecule has 1 aromatic heterocycles. The van der Waals surface area contributed by atoms with Crippen molar-refractivity contribution in [2.24, 2.45) is 0 Å². The fourth-order valence-electron chi connectivity index (χ4n) is 1.47. The largest absolute Gasteiger partial charge is 0.389 e. The minimum Gasteiger partial charge on any atom is -0.389 e. The highest BCUT2D eigenvalue weighted by molar-refractivity contribution is 5.98. The smallest absolute Gasteiger partial charge is 0.326 e. The van der Waals surface area contributed by atoms with Crippen molar-refractivity contribution < 1.29 is 9.90 Å². The number of aliphatic hydroxyl groups is 1. The Kier molecular flexibility index (Phi) is 4.04. The molecule has 2 amide bonds. The first-order chi connectivity index (χ1) is 9.15. The van der Waals surface area contributed by atoms with Gasteiger partial charge in [-0.05, 0) is 30.7 Å². The zero-order valence-corrected chi connectivity index (χ0v) is 10.4. The molecule has 0 aliphatic heterocycles. The van der Waals surface area contributed by atoms with Gasteiger partial charge in [0.25, 0.3) is 0 Å². The van der Waals surface area contributed by atoms with E-state index in [-0.39, 0.29) is 5.95 Å². The van der Waals surface area contributed by atoms with Crippen LogP contribution >= 0.6 is 0 Å². The molecule has 0 aliphatic carbocycles. The molecule has 2 rings (SSSR count). The van der Waals surface area contributed by atoms with Gasteiger partial charge in [-0.2, -0.15) is 0 Å². The zero-order valence-electron chi connectivity index (χ0n) is 10.4. The second-order valence-corrected chi connectivity index (χ2v) is 3.95. The Morgan fingerprint density at radius 1 is 1.16 bits per heavy atom. The fraction of sp³-hybridized carbons (Fsp3) is 0.154. The summed E-state index contributed by atoms with van der Waals surface area (Å²) in [5.74, 6) is 0.237. The van der Waals surface area contributed by atoms with Crippen LogP contribution in [0.3, 0.4) is 0 Å². The maximum absolute atomic E-state index is 11.6. The maximum Gasteiger partial charge on any atom is 0.326 e. The van der Waals surface area contributed by atoms with E-state index in [0.29, 0.717) is 5.69 Å². The van der Waals surface area contributed by atoms with Crippen molar-refractivity contribution in [1.29, 1.82) is 0 Å². The Morgan fingerprint density at radius 2 is 1.79 bits per heavy atom. The highest BCUT2D eigenvalue weighted by atomic mass is 16.3. The van der Waals surface area contributed by atoms with Gasteiger partial charge in [0.2, 0.25) is 5.95 Å². The first kappa shape index (κ1) is 13.0. The number of benzene rings is 1. The van der Waals surface area contributed by atoms with Gasteiger partial charge in [0.15, 0.2) is 0 Å². The highest BCUT2D eigenvalue weighted by Gasteiger charge is 2.05. The molecule has 2 aromatic rings. The van der Waals surface area contributed by atoms with Gasteiger partial charge in [-0.3, -0.25) is 5.32 Å². The lowest BCUT2D eigenvalue weighted by Crippen LogP contribution is -2.20. The third kappa shape index (κ3) is 3.75. The normalized spacial score (nSPS) is 11.7. The van der Waals surface area contributed by atoms with Gasteiger partial charge in [0, 0.05) is 18.1 Å². The number of urea groups is 1. The van der Waals surface area contributed by atoms with Crippen molar-refractivity contribution in [3.63, 3.8) is 0 Å². The Labute approximate surface area is 110 Å². The monoisotopic (exact) mass is 258 g/mol. The van der Waals surface area contributed by atoms with Crippen molar-refractivity contribution in [2.45, 2.75) is 13.0 Å². The number of carbonyl (C=O) groups excluding carboxylic acids is 1.